The highest BCUT2D eigenvalue weighted by atomic mass is 16.5. The Morgan fingerprint density at radius 3 is 1.90 bits per heavy atom. The Kier molecular flexibility index (Phi) is 5.57. The van der Waals surface area contributed by atoms with Crippen LogP contribution < -0.4 is 9.80 Å². The molecule has 0 aromatic heterocycles. The molecule has 1 aliphatic heterocycles. The third kappa shape index (κ3) is 3.93. The van der Waals surface area contributed by atoms with Crippen LogP contribution in [0.4, 0.5) is 16.2 Å². The molecule has 1 aliphatic rings. The first-order valence-corrected chi connectivity index (χ1v) is 9.62. The van der Waals surface area contributed by atoms with Crippen LogP contribution in [0.5, 0.6) is 0 Å². The summed E-state index contributed by atoms with van der Waals surface area (Å²) in [6, 6.07) is 25.4. The van der Waals surface area contributed by atoms with Crippen LogP contribution in [0, 0.1) is 0 Å². The summed E-state index contributed by atoms with van der Waals surface area (Å²) in [5, 5.41) is 0. The quantitative estimate of drug-likeness (QED) is 0.460. The van der Waals surface area contributed by atoms with Crippen molar-refractivity contribution in [2.75, 3.05) is 9.80 Å². The summed E-state index contributed by atoms with van der Waals surface area (Å²) in [6.07, 6.45) is -0.227. The van der Waals surface area contributed by atoms with E-state index in [1.807, 2.05) is 42.5 Å². The molecule has 0 radical (unpaired) electrons. The number of esters is 1. The molecule has 0 saturated carbocycles. The number of hydrogen-bond donors (Lipinski definition) is 0. The maximum absolute atomic E-state index is 13.2. The van der Waals surface area contributed by atoms with Crippen molar-refractivity contribution in [2.45, 2.75) is 19.1 Å². The lowest BCUT2D eigenvalue weighted by Gasteiger charge is -2.21. The van der Waals surface area contributed by atoms with Gasteiger partial charge in [0.25, 0.3) is 5.91 Å². The van der Waals surface area contributed by atoms with E-state index in [-0.39, 0.29) is 13.0 Å². The van der Waals surface area contributed by atoms with Crippen LogP contribution in [0.2, 0.25) is 0 Å². The predicted molar refractivity (Wildman–Crippen MR) is 113 cm³/mol. The molecule has 0 spiro atoms. The van der Waals surface area contributed by atoms with E-state index in [1.54, 1.807) is 48.5 Å². The summed E-state index contributed by atoms with van der Waals surface area (Å²) < 4.78 is 5.35. The van der Waals surface area contributed by atoms with Crippen molar-refractivity contribution in [3.8, 4) is 0 Å². The second-order valence-corrected chi connectivity index (χ2v) is 6.86. The average molecular weight is 400 g/mol. The van der Waals surface area contributed by atoms with Crippen molar-refractivity contribution in [1.82, 2.24) is 0 Å². The normalized spacial score (nSPS) is 16.1. The van der Waals surface area contributed by atoms with Gasteiger partial charge in [-0.25, -0.2) is 9.69 Å². The van der Waals surface area contributed by atoms with Crippen molar-refractivity contribution >= 4 is 29.3 Å². The van der Waals surface area contributed by atoms with E-state index in [1.165, 1.54) is 4.90 Å². The van der Waals surface area contributed by atoms with Gasteiger partial charge in [0.05, 0.1) is 12.1 Å². The minimum atomic E-state index is -0.969. The topological polar surface area (TPSA) is 66.9 Å². The molecule has 3 amide bonds. The molecule has 30 heavy (non-hydrogen) atoms. The highest BCUT2D eigenvalue weighted by Crippen LogP contribution is 2.31. The van der Waals surface area contributed by atoms with E-state index in [4.69, 9.17) is 4.74 Å². The van der Waals surface area contributed by atoms with Gasteiger partial charge in [-0.1, -0.05) is 66.7 Å². The SMILES string of the molecule is O=C(CC1C(=O)N(c2ccccc2)C(=O)N1c1ccccc1)OCc1ccccc1. The first kappa shape index (κ1) is 19.4. The Labute approximate surface area is 174 Å². The van der Waals surface area contributed by atoms with Gasteiger partial charge in [-0.15, -0.1) is 0 Å². The molecule has 1 fully saturated rings. The fourth-order valence-corrected chi connectivity index (χ4v) is 3.42. The molecule has 3 aromatic rings. The van der Waals surface area contributed by atoms with E-state index >= 15 is 0 Å². The molecule has 6 heteroatoms. The molecule has 1 unspecified atom stereocenters. The monoisotopic (exact) mass is 400 g/mol. The van der Waals surface area contributed by atoms with Crippen LogP contribution >= 0.6 is 0 Å². The van der Waals surface area contributed by atoms with Crippen molar-refractivity contribution in [1.29, 1.82) is 0 Å². The zero-order valence-corrected chi connectivity index (χ0v) is 16.2. The van der Waals surface area contributed by atoms with Crippen LogP contribution in [0.1, 0.15) is 12.0 Å². The third-order valence-corrected chi connectivity index (χ3v) is 4.87. The van der Waals surface area contributed by atoms with E-state index < -0.39 is 23.9 Å². The standard InChI is InChI=1S/C24H20N2O4/c27-22(30-17-18-10-4-1-5-11-18)16-21-23(28)26(20-14-8-3-9-15-20)24(29)25(21)19-12-6-2-7-13-19/h1-15,21H,16-17H2. The summed E-state index contributed by atoms with van der Waals surface area (Å²) in [7, 11) is 0. The first-order chi connectivity index (χ1) is 14.6. The second-order valence-electron chi connectivity index (χ2n) is 6.86. The van der Waals surface area contributed by atoms with Gasteiger partial charge in [0.15, 0.2) is 0 Å². The zero-order chi connectivity index (χ0) is 20.9. The molecule has 1 heterocycles. The summed E-state index contributed by atoms with van der Waals surface area (Å²) in [6.45, 7) is 0.113. The molecule has 4 rings (SSSR count). The Morgan fingerprint density at radius 1 is 0.767 bits per heavy atom. The van der Waals surface area contributed by atoms with Gasteiger partial charge in [-0.05, 0) is 29.8 Å². The minimum absolute atomic E-state index is 0.113. The summed E-state index contributed by atoms with van der Waals surface area (Å²) in [5.41, 5.74) is 1.87. The lowest BCUT2D eigenvalue weighted by molar-refractivity contribution is -0.146. The van der Waals surface area contributed by atoms with Gasteiger partial charge >= 0.3 is 12.0 Å². The number of imide groups is 1. The average Bonchev–Trinajstić information content (AvgIpc) is 3.03. The molecule has 150 valence electrons. The van der Waals surface area contributed by atoms with Gasteiger partial charge in [0, 0.05) is 5.69 Å². The number of carbonyl (C=O) groups is 3. The number of benzene rings is 3. The third-order valence-electron chi connectivity index (χ3n) is 4.87. The predicted octanol–water partition coefficient (Wildman–Crippen LogP) is 4.16. The van der Waals surface area contributed by atoms with Crippen LogP contribution in [0.15, 0.2) is 91.0 Å². The number of nitrogens with zero attached hydrogens (tertiary/aromatic N) is 2. The molecule has 0 N–H and O–H groups in total. The number of amides is 3. The number of anilines is 2. The maximum atomic E-state index is 13.2. The molecule has 1 atom stereocenters. The van der Waals surface area contributed by atoms with Gasteiger partial charge in [-0.3, -0.25) is 14.5 Å². The zero-order valence-electron chi connectivity index (χ0n) is 16.2. The Hall–Kier alpha value is -3.93. The molecule has 3 aromatic carbocycles. The summed E-state index contributed by atoms with van der Waals surface area (Å²) >= 11 is 0. The van der Waals surface area contributed by atoms with E-state index in [0.717, 1.165) is 10.5 Å². The summed E-state index contributed by atoms with van der Waals surface area (Å²) in [4.78, 5) is 41.3. The molecular formula is C24H20N2O4. The summed E-state index contributed by atoms with van der Waals surface area (Å²) in [5.74, 6) is -0.993. The van der Waals surface area contributed by atoms with Crippen LogP contribution in [0.3, 0.4) is 0 Å². The number of urea groups is 1. The molecule has 0 bridgehead atoms. The van der Waals surface area contributed by atoms with Gasteiger partial charge in [0.1, 0.15) is 12.6 Å². The van der Waals surface area contributed by atoms with Gasteiger partial charge < -0.3 is 4.74 Å². The van der Waals surface area contributed by atoms with E-state index in [2.05, 4.69) is 0 Å². The fourth-order valence-electron chi connectivity index (χ4n) is 3.42. The van der Waals surface area contributed by atoms with E-state index in [0.29, 0.717) is 11.4 Å². The van der Waals surface area contributed by atoms with Gasteiger partial charge in [-0.2, -0.15) is 0 Å². The van der Waals surface area contributed by atoms with Crippen LogP contribution in [-0.4, -0.2) is 23.9 Å². The number of para-hydroxylation sites is 2. The Bertz CT molecular complexity index is 1040. The lowest BCUT2D eigenvalue weighted by atomic mass is 10.1. The van der Waals surface area contributed by atoms with Crippen molar-refractivity contribution in [3.63, 3.8) is 0 Å². The Balaban J connectivity index is 1.57. The molecule has 1 saturated heterocycles. The van der Waals surface area contributed by atoms with Crippen LogP contribution in [-0.2, 0) is 20.9 Å². The maximum Gasteiger partial charge on any atom is 0.336 e. The fraction of sp³-hybridized carbons (Fsp3) is 0.125. The first-order valence-electron chi connectivity index (χ1n) is 9.62. The smallest absolute Gasteiger partial charge is 0.336 e. The van der Waals surface area contributed by atoms with Crippen LogP contribution in [0.25, 0.3) is 0 Å². The number of ether oxygens (including phenoxy) is 1. The van der Waals surface area contributed by atoms with Crippen molar-refractivity contribution in [3.05, 3.63) is 96.6 Å². The largest absolute Gasteiger partial charge is 0.461 e. The molecule has 6 nitrogen and oxygen atoms in total. The van der Waals surface area contributed by atoms with Crippen molar-refractivity contribution < 1.29 is 19.1 Å². The van der Waals surface area contributed by atoms with Gasteiger partial charge in [0.2, 0.25) is 0 Å². The van der Waals surface area contributed by atoms with E-state index in [9.17, 15) is 14.4 Å². The molecule has 0 aliphatic carbocycles. The second kappa shape index (κ2) is 8.61. The highest BCUT2D eigenvalue weighted by Gasteiger charge is 2.47. The number of rotatable bonds is 6. The lowest BCUT2D eigenvalue weighted by Crippen LogP contribution is -2.37. The van der Waals surface area contributed by atoms with Crippen molar-refractivity contribution in [2.24, 2.45) is 0 Å². The minimum Gasteiger partial charge on any atom is -0.461 e. The Morgan fingerprint density at radius 2 is 1.30 bits per heavy atom. The molecular weight excluding hydrogens is 380 g/mol. The highest BCUT2D eigenvalue weighted by molar-refractivity contribution is 6.29. The number of hydrogen-bond acceptors (Lipinski definition) is 4. The number of carbonyl (C=O) groups excluding carboxylic acids is 3.